The van der Waals surface area contributed by atoms with E-state index in [0.29, 0.717) is 43.6 Å². The van der Waals surface area contributed by atoms with Gasteiger partial charge in [0.05, 0.1) is 61.9 Å². The van der Waals surface area contributed by atoms with Crippen molar-refractivity contribution in [3.63, 3.8) is 0 Å². The van der Waals surface area contributed by atoms with Gasteiger partial charge in [0.2, 0.25) is 18.2 Å². The zero-order chi connectivity index (χ0) is 63.2. The first-order chi connectivity index (χ1) is 41.8. The van der Waals surface area contributed by atoms with Crippen LogP contribution in [0.1, 0.15) is 90.1 Å². The summed E-state index contributed by atoms with van der Waals surface area (Å²) >= 11 is 0. The molecule has 5 fully saturated rings. The van der Waals surface area contributed by atoms with E-state index in [0.717, 1.165) is 0 Å². The van der Waals surface area contributed by atoms with Crippen LogP contribution in [0, 0.1) is 34.6 Å². The fourth-order valence-electron chi connectivity index (χ4n) is 13.0. The number of likely N-dealkylation sites (tertiary alicyclic amines) is 4. The van der Waals surface area contributed by atoms with Crippen LogP contribution in [-0.2, 0) is 4.79 Å². The molecule has 10 heterocycles. The number of carbonyl (C=O) groups is 1. The van der Waals surface area contributed by atoms with Crippen molar-refractivity contribution in [1.29, 1.82) is 0 Å². The van der Waals surface area contributed by atoms with Crippen molar-refractivity contribution in [3.8, 4) is 0 Å². The summed E-state index contributed by atoms with van der Waals surface area (Å²) in [4.78, 5) is 170. The lowest BCUT2D eigenvalue weighted by molar-refractivity contribution is -0.821. The van der Waals surface area contributed by atoms with E-state index >= 15 is 0 Å². The molecule has 10 rings (SSSR count). The van der Waals surface area contributed by atoms with E-state index < -0.39 is 98.8 Å². The largest absolute Gasteiger partial charge is 0.463 e. The van der Waals surface area contributed by atoms with Gasteiger partial charge in [-0.3, -0.25) is 91.6 Å². The summed E-state index contributed by atoms with van der Waals surface area (Å²) in [5.41, 5.74) is -0.116. The topological polar surface area (TPSA) is 463 Å². The van der Waals surface area contributed by atoms with Gasteiger partial charge in [0.15, 0.2) is 0 Å². The molecule has 5 aromatic rings. The number of hydrogen-bond acceptors (Lipinski definition) is 15. The highest BCUT2D eigenvalue weighted by Crippen LogP contribution is 2.28. The second-order valence-corrected chi connectivity index (χ2v) is 24.0. The van der Waals surface area contributed by atoms with Crippen LogP contribution in [0.2, 0.25) is 0 Å². The van der Waals surface area contributed by atoms with Gasteiger partial charge in [-0.05, 0) is 41.0 Å². The number of nitrogens with zero attached hydrogens (tertiary/aromatic N) is 9. The Hall–Kier alpha value is -8.96. The zero-order valence-electron chi connectivity index (χ0n) is 49.4. The maximum absolute atomic E-state index is 14.6. The molecule has 1 amide bonds. The average molecular weight is 1230 g/mol. The quantitative estimate of drug-likeness (QED) is 0.0286. The molecule has 5 aliphatic heterocycles. The van der Waals surface area contributed by atoms with Crippen molar-refractivity contribution in [2.45, 2.75) is 128 Å². The Balaban J connectivity index is 0.895. The van der Waals surface area contributed by atoms with Crippen molar-refractivity contribution in [1.82, 2.24) is 72.7 Å². The minimum Gasteiger partial charge on any atom is -0.463 e. The lowest BCUT2D eigenvalue weighted by atomic mass is 10.1. The number of quaternary nitrogens is 2. The van der Waals surface area contributed by atoms with E-state index in [2.05, 4.69) is 50.9 Å². The van der Waals surface area contributed by atoms with Crippen LogP contribution >= 0.6 is 0 Å². The summed E-state index contributed by atoms with van der Waals surface area (Å²) < 4.78 is 7.06. The van der Waals surface area contributed by atoms with Crippen LogP contribution in [0.15, 0.2) is 78.9 Å². The second-order valence-electron chi connectivity index (χ2n) is 24.0. The van der Waals surface area contributed by atoms with Crippen molar-refractivity contribution in [2.75, 3.05) is 65.4 Å². The molecule has 34 heteroatoms. The predicted octanol–water partition coefficient (Wildman–Crippen LogP) is -12.1. The normalized spacial score (nSPS) is 26.0. The molecular formula is C54H77N20O14+5. The number of aryl methyl sites for hydroxylation is 5. The Bertz CT molecular complexity index is 4240. The van der Waals surface area contributed by atoms with Crippen LogP contribution in [0.3, 0.4) is 0 Å². The Labute approximate surface area is 497 Å². The molecule has 0 unspecified atom stereocenters. The summed E-state index contributed by atoms with van der Waals surface area (Å²) in [6.45, 7) is 8.75. The minimum absolute atomic E-state index is 0.00599. The van der Waals surface area contributed by atoms with Gasteiger partial charge in [0, 0.05) is 104 Å². The number of H-pyrrole nitrogens is 5. The van der Waals surface area contributed by atoms with Crippen LogP contribution < -0.4 is 87.6 Å². The van der Waals surface area contributed by atoms with Gasteiger partial charge >= 0.3 is 46.1 Å². The first-order valence-electron chi connectivity index (χ1n) is 29.2. The number of aliphatic hydroxyl groups excluding tert-OH is 3. The molecule has 10 atom stereocenters. The number of aliphatic hydroxyl groups is 3. The van der Waals surface area contributed by atoms with Crippen molar-refractivity contribution in [3.05, 3.63) is 163 Å². The molecule has 0 bridgehead atoms. The lowest BCUT2D eigenvalue weighted by Crippen LogP contribution is -3.05. The van der Waals surface area contributed by atoms with Gasteiger partial charge in [0.25, 0.3) is 34.0 Å². The fraction of sp³-hybridized carbons (Fsp3) is 0.556. The first-order valence-corrected chi connectivity index (χ1v) is 29.2. The Morgan fingerprint density at radius 3 is 1.25 bits per heavy atom. The smallest absolute Gasteiger partial charge is 0.351 e. The van der Waals surface area contributed by atoms with Crippen LogP contribution in [0.4, 0.5) is 0 Å². The lowest BCUT2D eigenvalue weighted by Gasteiger charge is -2.25. The summed E-state index contributed by atoms with van der Waals surface area (Å²) in [5, 5.41) is 40.2. The van der Waals surface area contributed by atoms with Crippen LogP contribution in [-0.4, -0.2) is 202 Å². The zero-order valence-corrected chi connectivity index (χ0v) is 49.4. The van der Waals surface area contributed by atoms with Gasteiger partial charge in [-0.25, -0.2) is 33.8 Å². The molecule has 5 aromatic heterocycles. The second kappa shape index (κ2) is 25.4. The summed E-state index contributed by atoms with van der Waals surface area (Å²) in [7, 11) is 0. The Morgan fingerprint density at radius 2 is 0.818 bits per heavy atom. The maximum Gasteiger partial charge on any atom is 0.351 e. The molecule has 5 aliphatic rings. The molecule has 0 saturated carbocycles. The Kier molecular flexibility index (Phi) is 17.9. The van der Waals surface area contributed by atoms with E-state index in [9.17, 15) is 68.1 Å². The van der Waals surface area contributed by atoms with E-state index in [1.807, 2.05) is 10.2 Å². The van der Waals surface area contributed by atoms with E-state index in [1.54, 1.807) is 49.3 Å². The molecule has 17 N–H and O–H groups in total. The number of rotatable bonds is 18. The van der Waals surface area contributed by atoms with Crippen LogP contribution in [0.25, 0.3) is 0 Å². The summed E-state index contributed by atoms with van der Waals surface area (Å²) in [6, 6.07) is -2.63. The minimum atomic E-state index is -0.865. The van der Waals surface area contributed by atoms with Gasteiger partial charge in [-0.1, -0.05) is 0 Å². The number of hydrogen-bond donors (Lipinski definition) is 14. The highest BCUT2D eigenvalue weighted by molar-refractivity contribution is 5.78. The van der Waals surface area contributed by atoms with Gasteiger partial charge < -0.3 is 26.4 Å². The molecule has 0 aromatic carbocycles. The van der Waals surface area contributed by atoms with Gasteiger partial charge in [-0.15, -0.1) is 0 Å². The third-order valence-electron chi connectivity index (χ3n) is 17.6. The Morgan fingerprint density at radius 1 is 0.477 bits per heavy atom. The van der Waals surface area contributed by atoms with Crippen molar-refractivity contribution in [2.24, 2.45) is 0 Å². The van der Waals surface area contributed by atoms with Gasteiger partial charge in [0.1, 0.15) is 26.2 Å². The van der Waals surface area contributed by atoms with E-state index in [1.165, 1.54) is 53.8 Å². The molecule has 88 heavy (non-hydrogen) atoms. The summed E-state index contributed by atoms with van der Waals surface area (Å²) in [5.74, 6) is -1.15. The average Bonchev–Trinajstić information content (AvgIpc) is 2.45. The number of nitrogens with two attached hydrogens (primary N) is 1. The molecule has 472 valence electrons. The molecule has 0 spiro atoms. The third-order valence-corrected chi connectivity index (χ3v) is 17.6. The molecule has 5 saturated heterocycles. The molecule has 0 radical (unpaired) electrons. The SMILES string of the molecule is Cc1cn([C@@H]2C[C@H](C[NH3+])N(CC(O)=[NH+][C@H]3C[C@@H](n4cc(C)c(=O)[nH]c4=O)CN3CC(=O)N[C@H]3C[C@@H](n4cc(C)c(=O)[nH]c4=O)CN3CC(O)=[NH+][C@H]3C[C@@H](n4cc(C)c(=O)[nH]c4=O)CN3CC(O)=[NH+][C@H]3C[C@@H](n4cc(C)c(=O)[nH]c4=O)C[NH2+]3)C2)c(=O)[nH]c1=O. The van der Waals surface area contributed by atoms with E-state index in [4.69, 9.17) is 0 Å². The molecule has 0 aliphatic carbocycles. The number of amides is 1. The van der Waals surface area contributed by atoms with Crippen LogP contribution in [0.5, 0.6) is 0 Å². The van der Waals surface area contributed by atoms with Crippen molar-refractivity contribution < 1.29 is 46.1 Å². The van der Waals surface area contributed by atoms with E-state index in [-0.39, 0.29) is 124 Å². The first kappa shape index (κ1) is 62.1. The highest BCUT2D eigenvalue weighted by atomic mass is 16.3. The van der Waals surface area contributed by atoms with Crippen molar-refractivity contribution >= 4 is 23.6 Å². The third kappa shape index (κ3) is 13.4. The monoisotopic (exact) mass is 1230 g/mol. The number of aromatic nitrogens is 10. The maximum atomic E-state index is 14.6. The standard InChI is InChI=1S/C54H72N20O14/c1-26-13-70(50(84)61-45(26)79)32-7-37(56-12-32)57-41(75)23-67-19-34(72-15-28(3)47(81)63-52(72)86)9-39(67)59-43(77)25-69-21-36(74-17-30(5)49(83)65-54(74)88)10-40(69)60-44(78)24-68-20-35(73-16-29(4)48(82)64-53(73)87)8-38(68)58-42(76)22-66-18-33(6-31(66)11-55)71-14-27(2)46(80)62-51(71)85/h13-17,31-40,56H,6-12,18-25,55H2,1-5H3,(H,57,75)(H,58,76)(H,59,77)(H,60,78)(H,61,79,84)(H,62,80,85)(H,63,81,86)(H,64,82,87)(H,65,83,88)/p+5/t31-,32-,33-,34-,35-,36-,37+,38-,39-,40-/m1/s1. The number of nitrogens with one attached hydrogen (secondary N) is 9. The number of carbonyl (C=O) groups excluding carboxylic acids is 1. The predicted molar refractivity (Wildman–Crippen MR) is 312 cm³/mol. The summed E-state index contributed by atoms with van der Waals surface area (Å²) in [6.07, 6.45) is 5.94. The fourth-order valence-corrected chi connectivity index (χ4v) is 13.0. The highest BCUT2D eigenvalue weighted by Gasteiger charge is 2.45. The van der Waals surface area contributed by atoms with Gasteiger partial charge in [-0.2, -0.15) is 15.0 Å². The number of aromatic amines is 5. The molecule has 34 nitrogen and oxygen atoms in total. The molecular weight excluding hydrogens is 1150 g/mol.